The van der Waals surface area contributed by atoms with Crippen LogP contribution in [0.2, 0.25) is 5.02 Å². The summed E-state index contributed by atoms with van der Waals surface area (Å²) in [6.45, 7) is 2.66. The third kappa shape index (κ3) is 5.29. The molecule has 10 nitrogen and oxygen atoms in total. The molecule has 1 aliphatic rings. The number of hydrogen-bond acceptors (Lipinski definition) is 7. The number of amides is 3. The Balaban J connectivity index is 1.45. The van der Waals surface area contributed by atoms with Crippen LogP contribution in [0.25, 0.3) is 0 Å². The fourth-order valence-corrected chi connectivity index (χ4v) is 3.78. The molecule has 1 fully saturated rings. The van der Waals surface area contributed by atoms with Crippen molar-refractivity contribution in [2.45, 2.75) is 0 Å². The van der Waals surface area contributed by atoms with Gasteiger partial charge >= 0.3 is 6.03 Å². The first kappa shape index (κ1) is 23.1. The first-order chi connectivity index (χ1) is 16.4. The van der Waals surface area contributed by atoms with E-state index in [4.69, 9.17) is 17.3 Å². The lowest BCUT2D eigenvalue weighted by atomic mass is 10.1. The molecule has 0 atom stereocenters. The van der Waals surface area contributed by atoms with Gasteiger partial charge in [0.15, 0.2) is 5.82 Å². The van der Waals surface area contributed by atoms with Gasteiger partial charge < -0.3 is 31.5 Å². The van der Waals surface area contributed by atoms with Gasteiger partial charge in [-0.3, -0.25) is 4.79 Å². The monoisotopic (exact) mass is 480 g/mol. The van der Waals surface area contributed by atoms with Crippen molar-refractivity contribution in [3.8, 4) is 0 Å². The summed E-state index contributed by atoms with van der Waals surface area (Å²) in [5.41, 5.74) is 8.26. The topological polar surface area (TPSA) is 129 Å². The summed E-state index contributed by atoms with van der Waals surface area (Å²) in [6, 6.07) is 14.6. The number of benzene rings is 2. The summed E-state index contributed by atoms with van der Waals surface area (Å²) >= 11 is 6.30. The Hall–Kier alpha value is -4.05. The Morgan fingerprint density at radius 2 is 1.71 bits per heavy atom. The molecule has 0 bridgehead atoms. The third-order valence-electron chi connectivity index (χ3n) is 5.48. The minimum atomic E-state index is -0.381. The van der Waals surface area contributed by atoms with Crippen LogP contribution < -0.4 is 26.6 Å². The van der Waals surface area contributed by atoms with Crippen molar-refractivity contribution in [3.63, 3.8) is 0 Å². The van der Waals surface area contributed by atoms with Gasteiger partial charge in [-0.1, -0.05) is 23.7 Å². The van der Waals surface area contributed by atoms with Crippen LogP contribution in [0.15, 0.2) is 54.7 Å². The minimum absolute atomic E-state index is 0.220. The SMILES string of the molecule is CNC(=O)c1ccccc1Nc1nc(Nc2ccc(N3CCN(C(N)=O)CC3)cc2)ncc1Cl. The highest BCUT2D eigenvalue weighted by atomic mass is 35.5. The summed E-state index contributed by atoms with van der Waals surface area (Å²) in [5, 5.41) is 9.23. The summed E-state index contributed by atoms with van der Waals surface area (Å²) in [4.78, 5) is 36.0. The van der Waals surface area contributed by atoms with Crippen molar-refractivity contribution in [1.82, 2.24) is 20.2 Å². The Morgan fingerprint density at radius 3 is 2.38 bits per heavy atom. The molecule has 1 aliphatic heterocycles. The van der Waals surface area contributed by atoms with E-state index in [9.17, 15) is 9.59 Å². The maximum atomic E-state index is 12.1. The van der Waals surface area contributed by atoms with Crippen LogP contribution in [-0.2, 0) is 0 Å². The van der Waals surface area contributed by atoms with Crippen LogP contribution in [0, 0.1) is 0 Å². The number of halogens is 1. The molecule has 1 aromatic heterocycles. The van der Waals surface area contributed by atoms with Crippen molar-refractivity contribution in [2.75, 3.05) is 48.8 Å². The number of piperazine rings is 1. The lowest BCUT2D eigenvalue weighted by Crippen LogP contribution is -2.50. The lowest BCUT2D eigenvalue weighted by Gasteiger charge is -2.35. The largest absolute Gasteiger partial charge is 0.368 e. The number of carbonyl (C=O) groups excluding carboxylic acids is 2. The summed E-state index contributed by atoms with van der Waals surface area (Å²) in [6.07, 6.45) is 1.49. The van der Waals surface area contributed by atoms with Crippen molar-refractivity contribution < 1.29 is 9.59 Å². The van der Waals surface area contributed by atoms with E-state index in [1.54, 1.807) is 30.1 Å². The molecule has 0 spiro atoms. The van der Waals surface area contributed by atoms with Crippen LogP contribution in [0.4, 0.5) is 33.6 Å². The molecule has 0 aliphatic carbocycles. The van der Waals surface area contributed by atoms with Crippen LogP contribution in [0.3, 0.4) is 0 Å². The fraction of sp³-hybridized carbons (Fsp3) is 0.217. The molecule has 3 amide bonds. The van der Waals surface area contributed by atoms with Crippen LogP contribution in [-0.4, -0.2) is 60.0 Å². The summed E-state index contributed by atoms with van der Waals surface area (Å²) in [5.74, 6) is 0.509. The van der Waals surface area contributed by atoms with E-state index in [1.165, 1.54) is 6.20 Å². The number of rotatable bonds is 6. The quantitative estimate of drug-likeness (QED) is 0.426. The van der Waals surface area contributed by atoms with Gasteiger partial charge in [0.1, 0.15) is 5.02 Å². The molecule has 0 unspecified atom stereocenters. The molecule has 3 aromatic rings. The maximum absolute atomic E-state index is 12.1. The number of carbonyl (C=O) groups is 2. The third-order valence-corrected chi connectivity index (χ3v) is 5.75. The van der Waals surface area contributed by atoms with Crippen molar-refractivity contribution >= 4 is 52.4 Å². The number of nitrogens with zero attached hydrogens (tertiary/aromatic N) is 4. The van der Waals surface area contributed by atoms with E-state index in [0.29, 0.717) is 41.1 Å². The summed E-state index contributed by atoms with van der Waals surface area (Å²) in [7, 11) is 1.57. The minimum Gasteiger partial charge on any atom is -0.368 e. The van der Waals surface area contributed by atoms with Crippen molar-refractivity contribution in [2.24, 2.45) is 5.73 Å². The second kappa shape index (κ2) is 10.3. The Morgan fingerprint density at radius 1 is 1.00 bits per heavy atom. The van der Waals surface area contributed by atoms with Gasteiger partial charge in [0.05, 0.1) is 17.4 Å². The van der Waals surface area contributed by atoms with Gasteiger partial charge in [-0.2, -0.15) is 4.98 Å². The highest BCUT2D eigenvalue weighted by Crippen LogP contribution is 2.27. The molecule has 1 saturated heterocycles. The molecule has 2 aromatic carbocycles. The number of primary amides is 1. The Labute approximate surface area is 202 Å². The van der Waals surface area contributed by atoms with Gasteiger partial charge in [-0.25, -0.2) is 9.78 Å². The zero-order chi connectivity index (χ0) is 24.1. The molecule has 4 rings (SSSR count). The number of aromatic nitrogens is 2. The molecule has 34 heavy (non-hydrogen) atoms. The zero-order valence-electron chi connectivity index (χ0n) is 18.6. The van der Waals surface area contributed by atoms with Gasteiger partial charge in [0, 0.05) is 44.6 Å². The van der Waals surface area contributed by atoms with Gasteiger partial charge in [0.25, 0.3) is 5.91 Å². The number of urea groups is 1. The molecular weight excluding hydrogens is 456 g/mol. The first-order valence-electron chi connectivity index (χ1n) is 10.7. The van der Waals surface area contributed by atoms with Crippen molar-refractivity contribution in [3.05, 3.63) is 65.3 Å². The molecule has 2 heterocycles. The van der Waals surface area contributed by atoms with Crippen LogP contribution >= 0.6 is 11.6 Å². The van der Waals surface area contributed by atoms with Crippen LogP contribution in [0.5, 0.6) is 0 Å². The number of nitrogens with one attached hydrogen (secondary N) is 3. The second-order valence-electron chi connectivity index (χ2n) is 7.62. The van der Waals surface area contributed by atoms with E-state index in [-0.39, 0.29) is 11.9 Å². The van der Waals surface area contributed by atoms with Gasteiger partial charge in [0.2, 0.25) is 5.95 Å². The fourth-order valence-electron chi connectivity index (χ4n) is 3.64. The zero-order valence-corrected chi connectivity index (χ0v) is 19.3. The predicted octanol–water partition coefficient (Wildman–Crippen LogP) is 3.18. The molecular formula is C23H25ClN8O2. The molecule has 5 N–H and O–H groups in total. The average molecular weight is 481 g/mol. The number of anilines is 5. The van der Waals surface area contributed by atoms with E-state index in [2.05, 4.69) is 30.8 Å². The molecule has 176 valence electrons. The second-order valence-corrected chi connectivity index (χ2v) is 8.03. The van der Waals surface area contributed by atoms with Crippen molar-refractivity contribution in [1.29, 1.82) is 0 Å². The van der Waals surface area contributed by atoms with E-state index in [0.717, 1.165) is 24.5 Å². The number of nitrogens with two attached hydrogens (primary N) is 1. The van der Waals surface area contributed by atoms with Gasteiger partial charge in [-0.05, 0) is 36.4 Å². The highest BCUT2D eigenvalue weighted by molar-refractivity contribution is 6.33. The first-order valence-corrected chi connectivity index (χ1v) is 11.1. The molecule has 11 heteroatoms. The standard InChI is InChI=1S/C23H25ClN8O2/c1-26-21(33)17-4-2-3-5-19(17)29-20-18(24)14-27-23(30-20)28-15-6-8-16(9-7-15)31-10-12-32(13-11-31)22(25)34/h2-9,14H,10-13H2,1H3,(H2,25,34)(H,26,33)(H2,27,28,29,30). The Kier molecular flexibility index (Phi) is 6.98. The number of hydrogen-bond donors (Lipinski definition) is 4. The smallest absolute Gasteiger partial charge is 0.314 e. The lowest BCUT2D eigenvalue weighted by molar-refractivity contribution is 0.0964. The number of para-hydroxylation sites is 1. The van der Waals surface area contributed by atoms with E-state index < -0.39 is 0 Å². The molecule has 0 radical (unpaired) electrons. The van der Waals surface area contributed by atoms with E-state index in [1.807, 2.05) is 30.3 Å². The normalized spacial score (nSPS) is 13.4. The maximum Gasteiger partial charge on any atom is 0.314 e. The van der Waals surface area contributed by atoms with E-state index >= 15 is 0 Å². The summed E-state index contributed by atoms with van der Waals surface area (Å²) < 4.78 is 0. The predicted molar refractivity (Wildman–Crippen MR) is 133 cm³/mol. The average Bonchev–Trinajstić information content (AvgIpc) is 2.86. The van der Waals surface area contributed by atoms with Gasteiger partial charge in [-0.15, -0.1) is 0 Å². The van der Waals surface area contributed by atoms with Crippen LogP contribution in [0.1, 0.15) is 10.4 Å². The molecule has 0 saturated carbocycles. The Bertz CT molecular complexity index is 1180. The highest BCUT2D eigenvalue weighted by Gasteiger charge is 2.19.